The second kappa shape index (κ2) is 9.94. The van der Waals surface area contributed by atoms with Gasteiger partial charge in [0.1, 0.15) is 0 Å². The van der Waals surface area contributed by atoms with E-state index >= 15 is 0 Å². The number of nitrogens with one attached hydrogen (secondary N) is 1. The van der Waals surface area contributed by atoms with E-state index in [0.29, 0.717) is 32.6 Å². The van der Waals surface area contributed by atoms with Gasteiger partial charge in [-0.15, -0.1) is 11.8 Å². The molecule has 2 aromatic rings. The highest BCUT2D eigenvalue weighted by molar-refractivity contribution is 7.98. The van der Waals surface area contributed by atoms with E-state index in [1.165, 1.54) is 5.56 Å². The molecule has 1 atom stereocenters. The normalized spacial score (nSPS) is 15.8. The average Bonchev–Trinajstić information content (AvgIpc) is 2.75. The van der Waals surface area contributed by atoms with Crippen molar-refractivity contribution in [2.75, 3.05) is 37.8 Å². The summed E-state index contributed by atoms with van der Waals surface area (Å²) < 4.78 is 0. The Morgan fingerprint density at radius 1 is 1.07 bits per heavy atom. The molecule has 1 aliphatic heterocycles. The number of hydrogen-bond donors (Lipinski definition) is 1. The number of carbonyl (C=O) groups is 2. The molecule has 0 bridgehead atoms. The third kappa shape index (κ3) is 5.84. The molecule has 2 aromatic carbocycles. The quantitative estimate of drug-likeness (QED) is 0.740. The van der Waals surface area contributed by atoms with Crippen LogP contribution in [0.3, 0.4) is 0 Å². The fourth-order valence-corrected chi connectivity index (χ4v) is 3.92. The molecule has 6 heteroatoms. The summed E-state index contributed by atoms with van der Waals surface area (Å²) in [4.78, 5) is 30.4. The van der Waals surface area contributed by atoms with Gasteiger partial charge in [-0.3, -0.25) is 14.5 Å². The van der Waals surface area contributed by atoms with Gasteiger partial charge in [0.2, 0.25) is 11.8 Å². The van der Waals surface area contributed by atoms with Crippen molar-refractivity contribution in [1.29, 1.82) is 0 Å². The molecule has 3 rings (SSSR count). The smallest absolute Gasteiger partial charge is 0.241 e. The molecular formula is C23H29N3O2S. The number of rotatable bonds is 6. The topological polar surface area (TPSA) is 52.7 Å². The van der Waals surface area contributed by atoms with Gasteiger partial charge in [0.15, 0.2) is 0 Å². The predicted octanol–water partition coefficient (Wildman–Crippen LogP) is 3.43. The van der Waals surface area contributed by atoms with Crippen LogP contribution in [-0.2, 0) is 16.0 Å². The van der Waals surface area contributed by atoms with Crippen molar-refractivity contribution in [2.24, 2.45) is 0 Å². The minimum absolute atomic E-state index is 0.0114. The minimum atomic E-state index is -0.234. The van der Waals surface area contributed by atoms with Crippen LogP contribution < -0.4 is 5.32 Å². The van der Waals surface area contributed by atoms with Gasteiger partial charge in [-0.25, -0.2) is 0 Å². The molecule has 0 spiro atoms. The second-order valence-electron chi connectivity index (χ2n) is 7.48. The van der Waals surface area contributed by atoms with Crippen LogP contribution in [0.1, 0.15) is 18.1 Å². The molecule has 29 heavy (non-hydrogen) atoms. The summed E-state index contributed by atoms with van der Waals surface area (Å²) in [6, 6.07) is 15.7. The van der Waals surface area contributed by atoms with Crippen molar-refractivity contribution in [2.45, 2.75) is 31.2 Å². The molecule has 1 heterocycles. The van der Waals surface area contributed by atoms with Gasteiger partial charge >= 0.3 is 0 Å². The molecular weight excluding hydrogens is 382 g/mol. The van der Waals surface area contributed by atoms with Gasteiger partial charge in [-0.05, 0) is 43.9 Å². The fraction of sp³-hybridized carbons (Fsp3) is 0.391. The largest absolute Gasteiger partial charge is 0.340 e. The van der Waals surface area contributed by atoms with E-state index in [2.05, 4.69) is 10.2 Å². The maximum absolute atomic E-state index is 12.7. The third-order valence-corrected chi connectivity index (χ3v) is 6.13. The number of piperazine rings is 1. The van der Waals surface area contributed by atoms with E-state index in [1.807, 2.05) is 73.5 Å². The lowest BCUT2D eigenvalue weighted by atomic mass is 10.1. The number of hydrogen-bond acceptors (Lipinski definition) is 4. The highest BCUT2D eigenvalue weighted by atomic mass is 32.2. The highest BCUT2D eigenvalue weighted by Crippen LogP contribution is 2.19. The van der Waals surface area contributed by atoms with E-state index in [-0.39, 0.29) is 17.9 Å². The Labute approximate surface area is 177 Å². The van der Waals surface area contributed by atoms with E-state index in [4.69, 9.17) is 0 Å². The summed E-state index contributed by atoms with van der Waals surface area (Å²) in [6.45, 7) is 6.70. The molecule has 1 fully saturated rings. The first kappa shape index (κ1) is 21.4. The molecule has 0 aliphatic carbocycles. The maximum Gasteiger partial charge on any atom is 0.241 e. The first-order valence-electron chi connectivity index (χ1n) is 9.98. The van der Waals surface area contributed by atoms with E-state index in [1.54, 1.807) is 11.8 Å². The van der Waals surface area contributed by atoms with Crippen molar-refractivity contribution in [3.63, 3.8) is 0 Å². The molecule has 0 radical (unpaired) electrons. The Hall–Kier alpha value is -2.31. The number of benzene rings is 2. The van der Waals surface area contributed by atoms with Crippen LogP contribution in [0.25, 0.3) is 0 Å². The van der Waals surface area contributed by atoms with Crippen LogP contribution in [-0.4, -0.2) is 60.1 Å². The van der Waals surface area contributed by atoms with Crippen molar-refractivity contribution >= 4 is 29.3 Å². The van der Waals surface area contributed by atoms with Crippen molar-refractivity contribution in [1.82, 2.24) is 9.80 Å². The monoisotopic (exact) mass is 411 g/mol. The standard InChI is InChI=1S/C23H29N3O2S/c1-17-7-9-19(10-8-17)15-22(27)26-13-11-25(12-14-26)18(2)23(28)24-20-5-4-6-21(16-20)29-3/h4-10,16,18H,11-15H2,1-3H3,(H,24,28). The Morgan fingerprint density at radius 2 is 1.76 bits per heavy atom. The summed E-state index contributed by atoms with van der Waals surface area (Å²) in [5, 5.41) is 3.01. The van der Waals surface area contributed by atoms with E-state index in [9.17, 15) is 9.59 Å². The number of aryl methyl sites for hydroxylation is 1. The first-order chi connectivity index (χ1) is 14.0. The lowest BCUT2D eigenvalue weighted by Gasteiger charge is -2.37. The number of anilines is 1. The minimum Gasteiger partial charge on any atom is -0.340 e. The van der Waals surface area contributed by atoms with Crippen LogP contribution in [0.4, 0.5) is 5.69 Å². The van der Waals surface area contributed by atoms with Crippen LogP contribution >= 0.6 is 11.8 Å². The van der Waals surface area contributed by atoms with Crippen LogP contribution in [0.15, 0.2) is 53.4 Å². The second-order valence-corrected chi connectivity index (χ2v) is 8.36. The molecule has 1 aliphatic rings. The Kier molecular flexibility index (Phi) is 7.34. The number of nitrogens with zero attached hydrogens (tertiary/aromatic N) is 2. The summed E-state index contributed by atoms with van der Waals surface area (Å²) >= 11 is 1.65. The number of amides is 2. The lowest BCUT2D eigenvalue weighted by Crippen LogP contribution is -2.54. The molecule has 154 valence electrons. The third-order valence-electron chi connectivity index (χ3n) is 5.41. The van der Waals surface area contributed by atoms with Crippen molar-refractivity contribution in [3.05, 3.63) is 59.7 Å². The molecule has 0 aromatic heterocycles. The van der Waals surface area contributed by atoms with Crippen LogP contribution in [0.2, 0.25) is 0 Å². The Morgan fingerprint density at radius 3 is 2.41 bits per heavy atom. The SMILES string of the molecule is CSc1cccc(NC(=O)C(C)N2CCN(C(=O)Cc3ccc(C)cc3)CC2)c1. The summed E-state index contributed by atoms with van der Waals surface area (Å²) in [5.41, 5.74) is 3.06. The summed E-state index contributed by atoms with van der Waals surface area (Å²) in [6.07, 6.45) is 2.45. The summed E-state index contributed by atoms with van der Waals surface area (Å²) in [7, 11) is 0. The first-order valence-corrected chi connectivity index (χ1v) is 11.2. The Bertz CT molecular complexity index is 845. The Balaban J connectivity index is 1.49. The summed E-state index contributed by atoms with van der Waals surface area (Å²) in [5.74, 6) is 0.141. The van der Waals surface area contributed by atoms with E-state index < -0.39 is 0 Å². The zero-order chi connectivity index (χ0) is 20.8. The molecule has 1 N–H and O–H groups in total. The molecule has 2 amide bonds. The van der Waals surface area contributed by atoms with Crippen LogP contribution in [0, 0.1) is 6.92 Å². The van der Waals surface area contributed by atoms with Crippen molar-refractivity contribution in [3.8, 4) is 0 Å². The van der Waals surface area contributed by atoms with Gasteiger partial charge in [-0.2, -0.15) is 0 Å². The molecule has 5 nitrogen and oxygen atoms in total. The zero-order valence-corrected chi connectivity index (χ0v) is 18.2. The van der Waals surface area contributed by atoms with Crippen molar-refractivity contribution < 1.29 is 9.59 Å². The van der Waals surface area contributed by atoms with Crippen LogP contribution in [0.5, 0.6) is 0 Å². The molecule has 1 unspecified atom stereocenters. The predicted molar refractivity (Wildman–Crippen MR) is 119 cm³/mol. The van der Waals surface area contributed by atoms with Gasteiger partial charge < -0.3 is 10.2 Å². The maximum atomic E-state index is 12.7. The molecule has 0 saturated carbocycles. The zero-order valence-electron chi connectivity index (χ0n) is 17.4. The number of carbonyl (C=O) groups excluding carboxylic acids is 2. The lowest BCUT2D eigenvalue weighted by molar-refractivity contribution is -0.133. The van der Waals surface area contributed by atoms with E-state index in [0.717, 1.165) is 16.1 Å². The average molecular weight is 412 g/mol. The fourth-order valence-electron chi connectivity index (χ4n) is 3.46. The van der Waals surface area contributed by atoms with Gasteiger partial charge in [0, 0.05) is 36.8 Å². The van der Waals surface area contributed by atoms with Gasteiger partial charge in [0.25, 0.3) is 0 Å². The highest BCUT2D eigenvalue weighted by Gasteiger charge is 2.27. The van der Waals surface area contributed by atoms with Gasteiger partial charge in [0.05, 0.1) is 12.5 Å². The van der Waals surface area contributed by atoms with Gasteiger partial charge in [-0.1, -0.05) is 35.9 Å². The molecule has 1 saturated heterocycles. The number of thioether (sulfide) groups is 1.